The Labute approximate surface area is 166 Å². The average Bonchev–Trinajstić information content (AvgIpc) is 3.23. The van der Waals surface area contributed by atoms with Gasteiger partial charge in [0.2, 0.25) is 5.91 Å². The number of rotatable bonds is 5. The summed E-state index contributed by atoms with van der Waals surface area (Å²) in [6.07, 6.45) is 2.85. The van der Waals surface area contributed by atoms with Crippen LogP contribution in [0.1, 0.15) is 6.92 Å². The van der Waals surface area contributed by atoms with Gasteiger partial charge in [0, 0.05) is 30.1 Å². The molecule has 0 atom stereocenters. The van der Waals surface area contributed by atoms with Gasteiger partial charge in [-0.1, -0.05) is 0 Å². The summed E-state index contributed by atoms with van der Waals surface area (Å²) in [6, 6.07) is 11.3. The van der Waals surface area contributed by atoms with Crippen LogP contribution in [0.5, 0.6) is 5.75 Å². The first-order valence-electron chi connectivity index (χ1n) is 8.53. The van der Waals surface area contributed by atoms with Crippen LogP contribution in [-0.4, -0.2) is 29.8 Å². The summed E-state index contributed by atoms with van der Waals surface area (Å²) >= 11 is 0. The van der Waals surface area contributed by atoms with E-state index in [2.05, 4.69) is 20.9 Å². The summed E-state index contributed by atoms with van der Waals surface area (Å²) < 4.78 is 10.6. The molecule has 3 amide bonds. The van der Waals surface area contributed by atoms with Gasteiger partial charge in [-0.2, -0.15) is 0 Å². The van der Waals surface area contributed by atoms with E-state index in [1.807, 2.05) is 0 Å². The summed E-state index contributed by atoms with van der Waals surface area (Å²) in [5.41, 5.74) is 2.04. The number of carbonyl (C=O) groups is 3. The van der Waals surface area contributed by atoms with Crippen molar-refractivity contribution in [2.75, 3.05) is 23.1 Å². The molecule has 0 unspecified atom stereocenters. The van der Waals surface area contributed by atoms with Crippen molar-refractivity contribution in [1.29, 1.82) is 0 Å². The van der Waals surface area contributed by atoms with E-state index in [0.29, 0.717) is 34.1 Å². The molecule has 0 bridgehead atoms. The van der Waals surface area contributed by atoms with Crippen LogP contribution < -0.4 is 20.7 Å². The highest BCUT2D eigenvalue weighted by atomic mass is 16.5. The highest BCUT2D eigenvalue weighted by Crippen LogP contribution is 2.32. The summed E-state index contributed by atoms with van der Waals surface area (Å²) in [5.74, 6) is -0.916. The fourth-order valence-electron chi connectivity index (χ4n) is 2.54. The number of hydrogen-bond acceptors (Lipinski definition) is 6. The first-order chi connectivity index (χ1) is 14.0. The lowest BCUT2D eigenvalue weighted by Gasteiger charge is -2.10. The van der Waals surface area contributed by atoms with Crippen molar-refractivity contribution in [3.8, 4) is 17.1 Å². The molecule has 0 spiro atoms. The number of carbonyl (C=O) groups excluding carboxylic acids is 3. The van der Waals surface area contributed by atoms with Crippen LogP contribution in [-0.2, 0) is 14.4 Å². The fraction of sp³-hybridized carbons (Fsp3) is 0.100. The summed E-state index contributed by atoms with van der Waals surface area (Å²) in [7, 11) is 1.48. The Morgan fingerprint density at radius 2 is 1.48 bits per heavy atom. The van der Waals surface area contributed by atoms with E-state index in [1.54, 1.807) is 48.7 Å². The molecule has 9 heteroatoms. The van der Waals surface area contributed by atoms with Crippen molar-refractivity contribution in [2.45, 2.75) is 6.92 Å². The summed E-state index contributed by atoms with van der Waals surface area (Å²) in [6.45, 7) is 1.40. The highest BCUT2D eigenvalue weighted by molar-refractivity contribution is 6.43. The zero-order valence-electron chi connectivity index (χ0n) is 15.7. The number of benzene rings is 2. The first-order valence-corrected chi connectivity index (χ1v) is 8.53. The summed E-state index contributed by atoms with van der Waals surface area (Å²) in [4.78, 5) is 39.2. The minimum Gasteiger partial charge on any atom is -0.496 e. The number of oxazole rings is 1. The monoisotopic (exact) mass is 394 g/mol. The maximum atomic E-state index is 12.2. The molecule has 29 heavy (non-hydrogen) atoms. The van der Waals surface area contributed by atoms with Gasteiger partial charge < -0.3 is 25.1 Å². The number of nitrogens with one attached hydrogen (secondary N) is 3. The summed E-state index contributed by atoms with van der Waals surface area (Å²) in [5, 5.41) is 7.61. The van der Waals surface area contributed by atoms with E-state index in [4.69, 9.17) is 9.15 Å². The van der Waals surface area contributed by atoms with Crippen molar-refractivity contribution in [3.05, 3.63) is 55.1 Å². The van der Waals surface area contributed by atoms with Crippen LogP contribution in [0.25, 0.3) is 11.3 Å². The van der Waals surface area contributed by atoms with Gasteiger partial charge in [0.15, 0.2) is 12.2 Å². The molecule has 148 valence electrons. The van der Waals surface area contributed by atoms with E-state index in [-0.39, 0.29) is 5.91 Å². The molecular weight excluding hydrogens is 376 g/mol. The second-order valence-corrected chi connectivity index (χ2v) is 5.95. The minimum atomic E-state index is -0.842. The molecule has 0 aliphatic carbocycles. The van der Waals surface area contributed by atoms with Crippen LogP contribution in [0, 0.1) is 0 Å². The maximum absolute atomic E-state index is 12.2. The molecule has 3 rings (SSSR count). The Morgan fingerprint density at radius 1 is 0.897 bits per heavy atom. The molecule has 1 aromatic heterocycles. The van der Waals surface area contributed by atoms with Crippen molar-refractivity contribution in [3.63, 3.8) is 0 Å². The quantitative estimate of drug-likeness (QED) is 0.572. The highest BCUT2D eigenvalue weighted by Gasteiger charge is 2.16. The molecule has 3 N–H and O–H groups in total. The second-order valence-electron chi connectivity index (χ2n) is 5.95. The lowest BCUT2D eigenvalue weighted by molar-refractivity contribution is -0.132. The molecule has 0 fully saturated rings. The van der Waals surface area contributed by atoms with Crippen LogP contribution in [0.4, 0.5) is 17.1 Å². The number of methoxy groups -OCH3 is 1. The largest absolute Gasteiger partial charge is 0.496 e. The molecule has 0 saturated heterocycles. The Morgan fingerprint density at radius 3 is 2.03 bits per heavy atom. The Hall–Kier alpha value is -4.14. The van der Waals surface area contributed by atoms with Gasteiger partial charge in [0.1, 0.15) is 5.75 Å². The molecule has 2 aromatic carbocycles. The topological polar surface area (TPSA) is 123 Å². The van der Waals surface area contributed by atoms with E-state index in [1.165, 1.54) is 20.4 Å². The number of ether oxygens (including phenoxy) is 1. The van der Waals surface area contributed by atoms with Gasteiger partial charge in [-0.3, -0.25) is 14.4 Å². The Bertz CT molecular complexity index is 1030. The molecule has 0 saturated carbocycles. The molecular formula is C20H18N4O5. The third-order valence-corrected chi connectivity index (χ3v) is 3.83. The van der Waals surface area contributed by atoms with Gasteiger partial charge >= 0.3 is 11.8 Å². The van der Waals surface area contributed by atoms with Crippen LogP contribution >= 0.6 is 0 Å². The average molecular weight is 394 g/mol. The molecule has 3 aromatic rings. The third kappa shape index (κ3) is 4.98. The molecule has 0 radical (unpaired) electrons. The zero-order valence-corrected chi connectivity index (χ0v) is 15.7. The van der Waals surface area contributed by atoms with Gasteiger partial charge in [-0.05, 0) is 36.4 Å². The van der Waals surface area contributed by atoms with Crippen molar-refractivity contribution in [1.82, 2.24) is 4.98 Å². The van der Waals surface area contributed by atoms with E-state index >= 15 is 0 Å². The van der Waals surface area contributed by atoms with Gasteiger partial charge in [0.25, 0.3) is 0 Å². The minimum absolute atomic E-state index is 0.203. The maximum Gasteiger partial charge on any atom is 0.314 e. The standard InChI is InChI=1S/C20H18N4O5/c1-12(25)22-13-3-5-14(6-4-13)23-19(26)20(27)24-15-7-8-16(17(9-15)28-2)18-10-21-11-29-18/h3-11H,1-2H3,(H,22,25)(H,23,26)(H,24,27). The smallest absolute Gasteiger partial charge is 0.314 e. The lowest BCUT2D eigenvalue weighted by Crippen LogP contribution is -2.29. The van der Waals surface area contributed by atoms with E-state index < -0.39 is 11.8 Å². The number of amides is 3. The van der Waals surface area contributed by atoms with Gasteiger partial charge in [-0.15, -0.1) is 0 Å². The molecule has 1 heterocycles. The number of anilines is 3. The van der Waals surface area contributed by atoms with Gasteiger partial charge in [0.05, 0.1) is 18.9 Å². The predicted molar refractivity (Wildman–Crippen MR) is 106 cm³/mol. The first kappa shape index (κ1) is 19.6. The predicted octanol–water partition coefficient (Wildman–Crippen LogP) is 2.89. The number of nitrogens with zero attached hydrogens (tertiary/aromatic N) is 1. The van der Waals surface area contributed by atoms with E-state index in [9.17, 15) is 14.4 Å². The molecule has 9 nitrogen and oxygen atoms in total. The lowest BCUT2D eigenvalue weighted by atomic mass is 10.1. The third-order valence-electron chi connectivity index (χ3n) is 3.83. The molecule has 0 aliphatic heterocycles. The van der Waals surface area contributed by atoms with Crippen molar-refractivity contribution < 1.29 is 23.5 Å². The second kappa shape index (κ2) is 8.70. The van der Waals surface area contributed by atoms with Crippen LogP contribution in [0.15, 0.2) is 59.5 Å². The van der Waals surface area contributed by atoms with E-state index in [0.717, 1.165) is 0 Å². The normalized spacial score (nSPS) is 10.1. The van der Waals surface area contributed by atoms with Gasteiger partial charge in [-0.25, -0.2) is 4.98 Å². The number of hydrogen-bond donors (Lipinski definition) is 3. The number of aromatic nitrogens is 1. The van der Waals surface area contributed by atoms with Crippen molar-refractivity contribution in [2.24, 2.45) is 0 Å². The zero-order chi connectivity index (χ0) is 20.8. The van der Waals surface area contributed by atoms with Crippen LogP contribution in [0.3, 0.4) is 0 Å². The fourth-order valence-corrected chi connectivity index (χ4v) is 2.54. The molecule has 0 aliphatic rings. The Kier molecular flexibility index (Phi) is 5.88. The van der Waals surface area contributed by atoms with Crippen molar-refractivity contribution >= 4 is 34.8 Å². The van der Waals surface area contributed by atoms with Crippen LogP contribution in [0.2, 0.25) is 0 Å². The SMILES string of the molecule is COc1cc(NC(=O)C(=O)Nc2ccc(NC(C)=O)cc2)ccc1-c1cnco1. The Balaban J connectivity index is 1.65.